The molecule has 1 saturated heterocycles. The minimum Gasteiger partial charge on any atom is -0.494 e. The van der Waals surface area contributed by atoms with Gasteiger partial charge in [0.1, 0.15) is 5.75 Å². The summed E-state index contributed by atoms with van der Waals surface area (Å²) in [6, 6.07) is 7.31. The van der Waals surface area contributed by atoms with Gasteiger partial charge in [0.15, 0.2) is 5.78 Å². The molecule has 128 valence electrons. The number of ketones is 1. The van der Waals surface area contributed by atoms with Crippen LogP contribution in [-0.4, -0.2) is 48.6 Å². The molecule has 1 fully saturated rings. The highest BCUT2D eigenvalue weighted by Gasteiger charge is 2.23. The standard InChI is InChI=1S/C19H29NO3/c1-2-3-13-23-18-9-7-16(8-10-18)19(22)17(15-21)14-20-11-5-4-6-12-20/h7-10,17,21H,2-6,11-15H2,1H3. The van der Waals surface area contributed by atoms with E-state index in [1.165, 1.54) is 19.3 Å². The molecule has 1 aromatic carbocycles. The molecule has 0 saturated carbocycles. The number of aliphatic hydroxyl groups excluding tert-OH is 1. The summed E-state index contributed by atoms with van der Waals surface area (Å²) in [6.45, 7) is 5.47. The Morgan fingerprint density at radius 3 is 2.52 bits per heavy atom. The summed E-state index contributed by atoms with van der Waals surface area (Å²) in [6.07, 6.45) is 5.79. The van der Waals surface area contributed by atoms with Crippen LogP contribution in [0.5, 0.6) is 5.75 Å². The lowest BCUT2D eigenvalue weighted by Gasteiger charge is -2.29. The Morgan fingerprint density at radius 1 is 1.22 bits per heavy atom. The Hall–Kier alpha value is -1.39. The molecule has 1 heterocycles. The van der Waals surface area contributed by atoms with Crippen molar-refractivity contribution in [3.05, 3.63) is 29.8 Å². The summed E-state index contributed by atoms with van der Waals surface area (Å²) >= 11 is 0. The first-order valence-corrected chi connectivity index (χ1v) is 8.85. The Balaban J connectivity index is 1.91. The van der Waals surface area contributed by atoms with Gasteiger partial charge in [-0.05, 0) is 56.6 Å². The molecule has 23 heavy (non-hydrogen) atoms. The SMILES string of the molecule is CCCCOc1ccc(C(=O)C(CO)CN2CCCCC2)cc1. The Labute approximate surface area is 139 Å². The summed E-state index contributed by atoms with van der Waals surface area (Å²) in [5.74, 6) is 0.490. The van der Waals surface area contributed by atoms with Crippen LogP contribution >= 0.6 is 0 Å². The van der Waals surface area contributed by atoms with Crippen molar-refractivity contribution in [3.63, 3.8) is 0 Å². The Bertz CT molecular complexity index is 466. The van der Waals surface area contributed by atoms with Crippen LogP contribution in [0.4, 0.5) is 0 Å². The van der Waals surface area contributed by atoms with E-state index in [-0.39, 0.29) is 18.3 Å². The van der Waals surface area contributed by atoms with Crippen molar-refractivity contribution in [1.82, 2.24) is 4.90 Å². The largest absolute Gasteiger partial charge is 0.494 e. The summed E-state index contributed by atoms with van der Waals surface area (Å²) in [5, 5.41) is 9.61. The van der Waals surface area contributed by atoms with Crippen molar-refractivity contribution in [1.29, 1.82) is 0 Å². The molecule has 0 radical (unpaired) electrons. The molecule has 0 aliphatic carbocycles. The second-order valence-corrected chi connectivity index (χ2v) is 6.33. The van der Waals surface area contributed by atoms with Crippen LogP contribution in [0.1, 0.15) is 49.4 Å². The first kappa shape index (κ1) is 18.0. The molecule has 1 unspecified atom stereocenters. The first-order valence-electron chi connectivity index (χ1n) is 8.85. The lowest BCUT2D eigenvalue weighted by molar-refractivity contribution is 0.0782. The van der Waals surface area contributed by atoms with E-state index in [1.807, 2.05) is 24.3 Å². The maximum Gasteiger partial charge on any atom is 0.169 e. The Kier molecular flexibility index (Phi) is 7.56. The molecule has 1 atom stereocenters. The molecule has 2 rings (SSSR count). The van der Waals surface area contributed by atoms with Gasteiger partial charge in [-0.2, -0.15) is 0 Å². The monoisotopic (exact) mass is 319 g/mol. The van der Waals surface area contributed by atoms with Crippen LogP contribution in [0.25, 0.3) is 0 Å². The van der Waals surface area contributed by atoms with Gasteiger partial charge in [0, 0.05) is 12.1 Å². The molecular weight excluding hydrogens is 290 g/mol. The number of rotatable bonds is 9. The number of aliphatic hydroxyl groups is 1. The number of carbonyl (C=O) groups is 1. The minimum atomic E-state index is -0.333. The van der Waals surface area contributed by atoms with Crippen molar-refractivity contribution >= 4 is 5.78 Å². The van der Waals surface area contributed by atoms with E-state index in [4.69, 9.17) is 4.74 Å². The van der Waals surface area contributed by atoms with Gasteiger partial charge in [0.05, 0.1) is 19.1 Å². The zero-order chi connectivity index (χ0) is 16.5. The molecule has 0 spiro atoms. The number of hydrogen-bond donors (Lipinski definition) is 1. The number of unbranched alkanes of at least 4 members (excludes halogenated alkanes) is 1. The highest BCUT2D eigenvalue weighted by molar-refractivity contribution is 5.98. The van der Waals surface area contributed by atoms with E-state index in [9.17, 15) is 9.90 Å². The minimum absolute atomic E-state index is 0.0261. The van der Waals surface area contributed by atoms with Gasteiger partial charge in [-0.15, -0.1) is 0 Å². The third-order valence-corrected chi connectivity index (χ3v) is 4.42. The number of hydrogen-bond acceptors (Lipinski definition) is 4. The van der Waals surface area contributed by atoms with Crippen LogP contribution in [0, 0.1) is 5.92 Å². The van der Waals surface area contributed by atoms with Crippen LogP contribution in [0.3, 0.4) is 0 Å². The highest BCUT2D eigenvalue weighted by atomic mass is 16.5. The number of ether oxygens (including phenoxy) is 1. The van der Waals surface area contributed by atoms with E-state index in [0.29, 0.717) is 18.7 Å². The quantitative estimate of drug-likeness (QED) is 0.561. The van der Waals surface area contributed by atoms with Crippen LogP contribution in [-0.2, 0) is 0 Å². The molecule has 0 bridgehead atoms. The van der Waals surface area contributed by atoms with Gasteiger partial charge in [-0.25, -0.2) is 0 Å². The zero-order valence-electron chi connectivity index (χ0n) is 14.2. The lowest BCUT2D eigenvalue weighted by Crippen LogP contribution is -2.38. The van der Waals surface area contributed by atoms with Gasteiger partial charge >= 0.3 is 0 Å². The third-order valence-electron chi connectivity index (χ3n) is 4.42. The van der Waals surface area contributed by atoms with Crippen molar-refractivity contribution < 1.29 is 14.6 Å². The molecular formula is C19H29NO3. The molecule has 1 aliphatic heterocycles. The van der Waals surface area contributed by atoms with E-state index in [0.717, 1.165) is 31.7 Å². The predicted molar refractivity (Wildman–Crippen MR) is 92.0 cm³/mol. The van der Waals surface area contributed by atoms with E-state index < -0.39 is 0 Å². The van der Waals surface area contributed by atoms with Gasteiger partial charge in [0.25, 0.3) is 0 Å². The topological polar surface area (TPSA) is 49.8 Å². The van der Waals surface area contributed by atoms with E-state index in [1.54, 1.807) is 0 Å². The summed E-state index contributed by atoms with van der Waals surface area (Å²) in [4.78, 5) is 14.9. The Morgan fingerprint density at radius 2 is 1.91 bits per heavy atom. The van der Waals surface area contributed by atoms with Crippen LogP contribution < -0.4 is 4.74 Å². The van der Waals surface area contributed by atoms with Gasteiger partial charge in [0.2, 0.25) is 0 Å². The number of carbonyl (C=O) groups excluding carboxylic acids is 1. The second kappa shape index (κ2) is 9.68. The lowest BCUT2D eigenvalue weighted by atomic mass is 9.96. The average molecular weight is 319 g/mol. The molecule has 4 heteroatoms. The molecule has 1 N–H and O–H groups in total. The number of piperidine rings is 1. The van der Waals surface area contributed by atoms with Gasteiger partial charge < -0.3 is 14.7 Å². The van der Waals surface area contributed by atoms with Crippen molar-refractivity contribution in [2.75, 3.05) is 32.8 Å². The van der Waals surface area contributed by atoms with Crippen molar-refractivity contribution in [3.8, 4) is 5.75 Å². The molecule has 1 aliphatic rings. The summed E-state index contributed by atoms with van der Waals surface area (Å²) in [5.41, 5.74) is 0.656. The number of Topliss-reactive ketones (excluding diaryl/α,β-unsaturated/α-hetero) is 1. The first-order chi connectivity index (χ1) is 11.2. The number of nitrogens with zero attached hydrogens (tertiary/aromatic N) is 1. The summed E-state index contributed by atoms with van der Waals surface area (Å²) < 4.78 is 5.62. The highest BCUT2D eigenvalue weighted by Crippen LogP contribution is 2.18. The van der Waals surface area contributed by atoms with Crippen molar-refractivity contribution in [2.45, 2.75) is 39.0 Å². The number of likely N-dealkylation sites (tertiary alicyclic amines) is 1. The molecule has 4 nitrogen and oxygen atoms in total. The fourth-order valence-electron chi connectivity index (χ4n) is 2.96. The van der Waals surface area contributed by atoms with Crippen molar-refractivity contribution in [2.24, 2.45) is 5.92 Å². The normalized spacial score (nSPS) is 17.0. The van der Waals surface area contributed by atoms with E-state index >= 15 is 0 Å². The van der Waals surface area contributed by atoms with Gasteiger partial charge in [-0.3, -0.25) is 4.79 Å². The smallest absolute Gasteiger partial charge is 0.169 e. The van der Waals surface area contributed by atoms with E-state index in [2.05, 4.69) is 11.8 Å². The fourth-order valence-corrected chi connectivity index (χ4v) is 2.96. The molecule has 1 aromatic rings. The third kappa shape index (κ3) is 5.63. The molecule has 0 aromatic heterocycles. The molecule has 0 amide bonds. The maximum atomic E-state index is 12.6. The van der Waals surface area contributed by atoms with Crippen LogP contribution in [0.15, 0.2) is 24.3 Å². The summed E-state index contributed by atoms with van der Waals surface area (Å²) in [7, 11) is 0. The predicted octanol–water partition coefficient (Wildman–Crippen LogP) is 3.14. The maximum absolute atomic E-state index is 12.6. The van der Waals surface area contributed by atoms with Gasteiger partial charge in [-0.1, -0.05) is 19.8 Å². The second-order valence-electron chi connectivity index (χ2n) is 6.33. The average Bonchev–Trinajstić information content (AvgIpc) is 2.61. The fraction of sp³-hybridized carbons (Fsp3) is 0.632. The van der Waals surface area contributed by atoms with Crippen LogP contribution in [0.2, 0.25) is 0 Å². The number of benzene rings is 1. The zero-order valence-corrected chi connectivity index (χ0v) is 14.2.